The number of imidazole rings is 1. The van der Waals surface area contributed by atoms with E-state index in [4.69, 9.17) is 18.0 Å². The van der Waals surface area contributed by atoms with Gasteiger partial charge in [0.1, 0.15) is 0 Å². The summed E-state index contributed by atoms with van der Waals surface area (Å²) in [4.78, 5) is 7.61. The molecule has 5 nitrogen and oxygen atoms in total. The molecule has 0 aliphatic heterocycles. The Labute approximate surface area is 105 Å². The van der Waals surface area contributed by atoms with Crippen LogP contribution in [-0.4, -0.2) is 28.2 Å². The predicted octanol–water partition coefficient (Wildman–Crippen LogP) is 1.20. The fraction of sp³-hybridized carbons (Fsp3) is 0.273. The Hall–Kier alpha value is -1.82. The van der Waals surface area contributed by atoms with Gasteiger partial charge < -0.3 is 21.4 Å². The van der Waals surface area contributed by atoms with Crippen molar-refractivity contribution in [3.63, 3.8) is 0 Å². The van der Waals surface area contributed by atoms with Gasteiger partial charge in [0.25, 0.3) is 0 Å². The molecule has 0 radical (unpaired) electrons. The molecule has 0 saturated carbocycles. The van der Waals surface area contributed by atoms with Crippen LogP contribution < -0.4 is 16.4 Å². The Morgan fingerprint density at radius 1 is 1.35 bits per heavy atom. The SMILES string of the molecule is NC(=S)NCCCNc1nc2ccccc2[nH]1. The number of hydrogen-bond donors (Lipinski definition) is 4. The summed E-state index contributed by atoms with van der Waals surface area (Å²) >= 11 is 4.71. The number of fused-ring (bicyclic) bond motifs is 1. The normalized spacial score (nSPS) is 10.4. The van der Waals surface area contributed by atoms with Gasteiger partial charge in [-0.1, -0.05) is 12.1 Å². The lowest BCUT2D eigenvalue weighted by molar-refractivity contribution is 0.803. The van der Waals surface area contributed by atoms with Crippen molar-refractivity contribution in [2.75, 3.05) is 18.4 Å². The summed E-state index contributed by atoms with van der Waals surface area (Å²) in [5, 5.41) is 6.46. The molecule has 1 heterocycles. The maximum Gasteiger partial charge on any atom is 0.201 e. The topological polar surface area (TPSA) is 78.8 Å². The number of para-hydroxylation sites is 2. The third-order valence-electron chi connectivity index (χ3n) is 2.33. The van der Waals surface area contributed by atoms with Crippen molar-refractivity contribution in [2.24, 2.45) is 5.73 Å². The van der Waals surface area contributed by atoms with Gasteiger partial charge in [0.15, 0.2) is 5.11 Å². The Bertz CT molecular complexity index is 474. The summed E-state index contributed by atoms with van der Waals surface area (Å²) in [7, 11) is 0. The van der Waals surface area contributed by atoms with Gasteiger partial charge in [-0.25, -0.2) is 4.98 Å². The highest BCUT2D eigenvalue weighted by Gasteiger charge is 1.99. The minimum atomic E-state index is 0.341. The van der Waals surface area contributed by atoms with E-state index in [1.807, 2.05) is 24.3 Å². The van der Waals surface area contributed by atoms with Gasteiger partial charge in [0.2, 0.25) is 5.95 Å². The van der Waals surface area contributed by atoms with Crippen molar-refractivity contribution in [3.05, 3.63) is 24.3 Å². The number of aromatic nitrogens is 2. The minimum Gasteiger partial charge on any atom is -0.376 e. The van der Waals surface area contributed by atoms with E-state index in [2.05, 4.69) is 20.6 Å². The Morgan fingerprint density at radius 3 is 2.94 bits per heavy atom. The monoisotopic (exact) mass is 249 g/mol. The van der Waals surface area contributed by atoms with Crippen molar-refractivity contribution in [1.29, 1.82) is 0 Å². The summed E-state index contributed by atoms with van der Waals surface area (Å²) in [6, 6.07) is 7.93. The largest absolute Gasteiger partial charge is 0.376 e. The van der Waals surface area contributed by atoms with Crippen molar-refractivity contribution >= 4 is 34.3 Å². The zero-order valence-corrected chi connectivity index (χ0v) is 10.2. The molecule has 0 fully saturated rings. The van der Waals surface area contributed by atoms with E-state index >= 15 is 0 Å². The molecule has 2 aromatic rings. The third kappa shape index (κ3) is 3.32. The van der Waals surface area contributed by atoms with Crippen LogP contribution in [-0.2, 0) is 0 Å². The fourth-order valence-electron chi connectivity index (χ4n) is 1.54. The van der Waals surface area contributed by atoms with Crippen molar-refractivity contribution in [2.45, 2.75) is 6.42 Å². The number of thiocarbonyl (C=S) groups is 1. The van der Waals surface area contributed by atoms with E-state index in [1.54, 1.807) is 0 Å². The molecule has 0 saturated heterocycles. The van der Waals surface area contributed by atoms with E-state index in [1.165, 1.54) is 0 Å². The molecule has 0 atom stereocenters. The van der Waals surface area contributed by atoms with Gasteiger partial charge in [-0.05, 0) is 30.8 Å². The van der Waals surface area contributed by atoms with Crippen molar-refractivity contribution in [3.8, 4) is 0 Å². The lowest BCUT2D eigenvalue weighted by Crippen LogP contribution is -2.30. The van der Waals surface area contributed by atoms with Crippen LogP contribution in [0.3, 0.4) is 0 Å². The van der Waals surface area contributed by atoms with Gasteiger partial charge in [0, 0.05) is 13.1 Å². The zero-order chi connectivity index (χ0) is 12.1. The zero-order valence-electron chi connectivity index (χ0n) is 9.36. The molecule has 90 valence electrons. The van der Waals surface area contributed by atoms with Crippen LogP contribution in [0.25, 0.3) is 11.0 Å². The van der Waals surface area contributed by atoms with E-state index in [9.17, 15) is 0 Å². The second-order valence-electron chi connectivity index (χ2n) is 3.67. The summed E-state index contributed by atoms with van der Waals surface area (Å²) in [5.41, 5.74) is 7.33. The summed E-state index contributed by atoms with van der Waals surface area (Å²) < 4.78 is 0. The van der Waals surface area contributed by atoms with E-state index in [0.29, 0.717) is 5.11 Å². The maximum atomic E-state index is 5.32. The number of hydrogen-bond acceptors (Lipinski definition) is 3. The highest BCUT2D eigenvalue weighted by Crippen LogP contribution is 2.12. The molecule has 5 N–H and O–H groups in total. The van der Waals surface area contributed by atoms with Gasteiger partial charge in [-0.2, -0.15) is 0 Å². The van der Waals surface area contributed by atoms with Crippen molar-refractivity contribution in [1.82, 2.24) is 15.3 Å². The molecule has 1 aromatic carbocycles. The predicted molar refractivity (Wildman–Crippen MR) is 74.0 cm³/mol. The standard InChI is InChI=1S/C11H15N5S/c12-10(17)13-6-3-7-14-11-15-8-4-1-2-5-9(8)16-11/h1-2,4-5H,3,6-7H2,(H3,12,13,17)(H2,14,15,16). The van der Waals surface area contributed by atoms with Crippen LogP contribution in [0.4, 0.5) is 5.95 Å². The third-order valence-corrected chi connectivity index (χ3v) is 2.48. The molecular weight excluding hydrogens is 234 g/mol. The first-order chi connectivity index (χ1) is 8.25. The van der Waals surface area contributed by atoms with Crippen LogP contribution in [0.2, 0.25) is 0 Å². The average Bonchev–Trinajstić information content (AvgIpc) is 2.70. The number of aromatic amines is 1. The second-order valence-corrected chi connectivity index (χ2v) is 4.11. The summed E-state index contributed by atoms with van der Waals surface area (Å²) in [6.45, 7) is 1.58. The number of nitrogens with two attached hydrogens (primary N) is 1. The molecule has 0 amide bonds. The molecular formula is C11H15N5S. The van der Waals surface area contributed by atoms with Crippen LogP contribution in [0.15, 0.2) is 24.3 Å². The van der Waals surface area contributed by atoms with Crippen molar-refractivity contribution < 1.29 is 0 Å². The first-order valence-electron chi connectivity index (χ1n) is 5.47. The quantitative estimate of drug-likeness (QED) is 0.473. The first-order valence-corrected chi connectivity index (χ1v) is 5.88. The molecule has 1 aromatic heterocycles. The number of benzene rings is 1. The Balaban J connectivity index is 1.81. The number of nitrogens with one attached hydrogen (secondary N) is 3. The number of H-pyrrole nitrogens is 1. The van der Waals surface area contributed by atoms with Gasteiger partial charge >= 0.3 is 0 Å². The smallest absolute Gasteiger partial charge is 0.201 e. The molecule has 2 rings (SSSR count). The van der Waals surface area contributed by atoms with Crippen LogP contribution in [0.5, 0.6) is 0 Å². The van der Waals surface area contributed by atoms with Crippen LogP contribution in [0, 0.1) is 0 Å². The molecule has 6 heteroatoms. The number of anilines is 1. The molecule has 0 aliphatic carbocycles. The second kappa shape index (κ2) is 5.49. The lowest BCUT2D eigenvalue weighted by atomic mass is 10.3. The van der Waals surface area contributed by atoms with E-state index < -0.39 is 0 Å². The number of nitrogens with zero attached hydrogens (tertiary/aromatic N) is 1. The highest BCUT2D eigenvalue weighted by atomic mass is 32.1. The minimum absolute atomic E-state index is 0.341. The fourth-order valence-corrected chi connectivity index (χ4v) is 1.65. The van der Waals surface area contributed by atoms with Crippen LogP contribution >= 0.6 is 12.2 Å². The summed E-state index contributed by atoms with van der Waals surface area (Å²) in [6.07, 6.45) is 0.925. The number of rotatable bonds is 5. The maximum absolute atomic E-state index is 5.32. The first kappa shape index (κ1) is 11.7. The lowest BCUT2D eigenvalue weighted by Gasteiger charge is -2.04. The molecule has 0 spiro atoms. The van der Waals surface area contributed by atoms with E-state index in [0.717, 1.165) is 36.5 Å². The molecule has 0 unspecified atom stereocenters. The highest BCUT2D eigenvalue weighted by molar-refractivity contribution is 7.80. The van der Waals surface area contributed by atoms with Gasteiger partial charge in [0.05, 0.1) is 11.0 Å². The Kier molecular flexibility index (Phi) is 3.77. The molecule has 0 bridgehead atoms. The molecule has 17 heavy (non-hydrogen) atoms. The van der Waals surface area contributed by atoms with Crippen LogP contribution in [0.1, 0.15) is 6.42 Å². The van der Waals surface area contributed by atoms with E-state index in [-0.39, 0.29) is 0 Å². The average molecular weight is 249 g/mol. The molecule has 0 aliphatic rings. The Morgan fingerprint density at radius 2 is 2.18 bits per heavy atom. The van der Waals surface area contributed by atoms with Gasteiger partial charge in [-0.15, -0.1) is 0 Å². The summed E-state index contributed by atoms with van der Waals surface area (Å²) in [5.74, 6) is 0.793. The van der Waals surface area contributed by atoms with Gasteiger partial charge in [-0.3, -0.25) is 0 Å².